The number of para-hydroxylation sites is 1. The quantitative estimate of drug-likeness (QED) is 0.284. The zero-order valence-electron chi connectivity index (χ0n) is 18.4. The van der Waals surface area contributed by atoms with Crippen molar-refractivity contribution < 1.29 is 0 Å². The van der Waals surface area contributed by atoms with Crippen LogP contribution in [0.2, 0.25) is 0 Å². The van der Waals surface area contributed by atoms with Gasteiger partial charge in [-0.15, -0.1) is 24.0 Å². The average molecular weight is 521 g/mol. The van der Waals surface area contributed by atoms with E-state index in [1.807, 2.05) is 41.0 Å². The lowest BCUT2D eigenvalue weighted by Gasteiger charge is -2.18. The Morgan fingerprint density at radius 2 is 2.00 bits per heavy atom. The standard InChI is InChI=1S/C22H31N7.HI/c1-6-24-22(26-16(2)13-20-17(3)27-28(5)18(20)4)25-14-19-9-7-8-10-21(19)29-12-11-23-15-29;/h7-12,15-16H,6,13-14H2,1-5H3,(H2,24,25,26);1H. The fourth-order valence-electron chi connectivity index (χ4n) is 3.49. The second kappa shape index (κ2) is 11.1. The van der Waals surface area contributed by atoms with E-state index in [0.717, 1.165) is 35.9 Å². The molecule has 1 unspecified atom stereocenters. The first-order chi connectivity index (χ1) is 14.0. The number of aliphatic imine (C=N–C) groups is 1. The number of hydrogen-bond donors (Lipinski definition) is 2. The zero-order valence-corrected chi connectivity index (χ0v) is 20.7. The van der Waals surface area contributed by atoms with Crippen molar-refractivity contribution in [1.29, 1.82) is 0 Å². The van der Waals surface area contributed by atoms with Crippen molar-refractivity contribution in [3.8, 4) is 5.69 Å². The number of nitrogens with one attached hydrogen (secondary N) is 2. The van der Waals surface area contributed by atoms with Crippen LogP contribution in [-0.4, -0.2) is 37.9 Å². The summed E-state index contributed by atoms with van der Waals surface area (Å²) in [6, 6.07) is 8.50. The summed E-state index contributed by atoms with van der Waals surface area (Å²) < 4.78 is 3.96. The highest BCUT2D eigenvalue weighted by Gasteiger charge is 2.14. The van der Waals surface area contributed by atoms with Crippen molar-refractivity contribution in [3.63, 3.8) is 0 Å². The maximum atomic E-state index is 4.83. The molecule has 0 saturated carbocycles. The number of hydrogen-bond acceptors (Lipinski definition) is 3. The second-order valence-electron chi connectivity index (χ2n) is 7.32. The molecule has 162 valence electrons. The molecule has 1 aromatic carbocycles. The summed E-state index contributed by atoms with van der Waals surface area (Å²) in [6.07, 6.45) is 6.45. The van der Waals surface area contributed by atoms with Gasteiger partial charge in [-0.25, -0.2) is 9.98 Å². The Labute approximate surface area is 196 Å². The highest BCUT2D eigenvalue weighted by molar-refractivity contribution is 14.0. The van der Waals surface area contributed by atoms with Crippen LogP contribution in [0.5, 0.6) is 0 Å². The summed E-state index contributed by atoms with van der Waals surface area (Å²) in [5.41, 5.74) is 5.85. The molecule has 0 fully saturated rings. The largest absolute Gasteiger partial charge is 0.357 e. The normalized spacial score (nSPS) is 12.4. The molecular weight excluding hydrogens is 489 g/mol. The number of nitrogens with zero attached hydrogens (tertiary/aromatic N) is 5. The molecule has 2 N–H and O–H groups in total. The van der Waals surface area contributed by atoms with Gasteiger partial charge < -0.3 is 15.2 Å². The van der Waals surface area contributed by atoms with Crippen LogP contribution >= 0.6 is 24.0 Å². The minimum atomic E-state index is 0. The Morgan fingerprint density at radius 3 is 2.63 bits per heavy atom. The van der Waals surface area contributed by atoms with Crippen LogP contribution < -0.4 is 10.6 Å². The van der Waals surface area contributed by atoms with Gasteiger partial charge >= 0.3 is 0 Å². The monoisotopic (exact) mass is 521 g/mol. The molecule has 0 saturated heterocycles. The number of rotatable bonds is 7. The van der Waals surface area contributed by atoms with E-state index in [0.29, 0.717) is 6.54 Å². The molecular formula is C22H32IN7. The predicted molar refractivity (Wildman–Crippen MR) is 133 cm³/mol. The summed E-state index contributed by atoms with van der Waals surface area (Å²) in [7, 11) is 1.99. The van der Waals surface area contributed by atoms with Crippen LogP contribution in [-0.2, 0) is 20.0 Å². The van der Waals surface area contributed by atoms with Gasteiger partial charge in [-0.1, -0.05) is 18.2 Å². The number of halogens is 1. The highest BCUT2D eigenvalue weighted by Crippen LogP contribution is 2.16. The summed E-state index contributed by atoms with van der Waals surface area (Å²) in [5, 5.41) is 11.4. The molecule has 0 bridgehead atoms. The third kappa shape index (κ3) is 5.84. The van der Waals surface area contributed by atoms with Crippen molar-refractivity contribution in [1.82, 2.24) is 30.0 Å². The van der Waals surface area contributed by atoms with E-state index in [9.17, 15) is 0 Å². The van der Waals surface area contributed by atoms with E-state index in [4.69, 9.17) is 4.99 Å². The molecule has 2 aromatic heterocycles. The summed E-state index contributed by atoms with van der Waals surface area (Å²) in [5.74, 6) is 0.819. The smallest absolute Gasteiger partial charge is 0.191 e. The van der Waals surface area contributed by atoms with Crippen molar-refractivity contribution in [3.05, 3.63) is 65.5 Å². The molecule has 0 aliphatic carbocycles. The van der Waals surface area contributed by atoms with Gasteiger partial charge in [0.25, 0.3) is 0 Å². The highest BCUT2D eigenvalue weighted by atomic mass is 127. The average Bonchev–Trinajstić information content (AvgIpc) is 3.31. The topological polar surface area (TPSA) is 72.1 Å². The molecule has 3 aromatic rings. The van der Waals surface area contributed by atoms with Gasteiger partial charge in [-0.3, -0.25) is 4.68 Å². The van der Waals surface area contributed by atoms with E-state index < -0.39 is 0 Å². The number of guanidine groups is 1. The third-order valence-corrected chi connectivity index (χ3v) is 5.08. The Hall–Kier alpha value is -2.36. The molecule has 3 rings (SSSR count). The van der Waals surface area contributed by atoms with Gasteiger partial charge in [-0.05, 0) is 51.3 Å². The van der Waals surface area contributed by atoms with Crippen LogP contribution in [0.1, 0.15) is 36.4 Å². The molecule has 1 atom stereocenters. The predicted octanol–water partition coefficient (Wildman–Crippen LogP) is 3.53. The van der Waals surface area contributed by atoms with Gasteiger partial charge in [-0.2, -0.15) is 5.10 Å². The Balaban J connectivity index is 0.00000320. The van der Waals surface area contributed by atoms with Crippen LogP contribution in [0.15, 0.2) is 48.0 Å². The zero-order chi connectivity index (χ0) is 20.8. The number of imidazole rings is 1. The van der Waals surface area contributed by atoms with Crippen molar-refractivity contribution >= 4 is 29.9 Å². The van der Waals surface area contributed by atoms with Crippen molar-refractivity contribution in [2.24, 2.45) is 12.0 Å². The van der Waals surface area contributed by atoms with Gasteiger partial charge in [0.1, 0.15) is 0 Å². The Morgan fingerprint density at radius 1 is 1.23 bits per heavy atom. The summed E-state index contributed by atoms with van der Waals surface area (Å²) >= 11 is 0. The lowest BCUT2D eigenvalue weighted by atomic mass is 10.1. The second-order valence-corrected chi connectivity index (χ2v) is 7.32. The van der Waals surface area contributed by atoms with E-state index >= 15 is 0 Å². The lowest BCUT2D eigenvalue weighted by Crippen LogP contribution is -2.43. The molecule has 8 heteroatoms. The Bertz CT molecular complexity index is 960. The summed E-state index contributed by atoms with van der Waals surface area (Å²) in [6.45, 7) is 9.85. The number of benzene rings is 1. The molecule has 30 heavy (non-hydrogen) atoms. The van der Waals surface area contributed by atoms with Gasteiger partial charge in [0, 0.05) is 37.7 Å². The van der Waals surface area contributed by atoms with Gasteiger partial charge in [0.15, 0.2) is 5.96 Å². The van der Waals surface area contributed by atoms with Crippen LogP contribution in [0.4, 0.5) is 0 Å². The molecule has 2 heterocycles. The first-order valence-electron chi connectivity index (χ1n) is 10.1. The minimum Gasteiger partial charge on any atom is -0.357 e. The third-order valence-electron chi connectivity index (χ3n) is 5.08. The molecule has 0 radical (unpaired) electrons. The molecule has 0 spiro atoms. The SMILES string of the molecule is CCNC(=NCc1ccccc1-n1ccnc1)NC(C)Cc1c(C)nn(C)c1C.I. The molecule has 0 aliphatic rings. The molecule has 7 nitrogen and oxygen atoms in total. The maximum Gasteiger partial charge on any atom is 0.191 e. The van der Waals surface area contributed by atoms with E-state index in [2.05, 4.69) is 60.5 Å². The van der Waals surface area contributed by atoms with Crippen LogP contribution in [0.25, 0.3) is 5.69 Å². The Kier molecular flexibility index (Phi) is 8.88. The fraction of sp³-hybridized carbons (Fsp3) is 0.409. The van der Waals surface area contributed by atoms with Crippen molar-refractivity contribution in [2.75, 3.05) is 6.54 Å². The fourth-order valence-corrected chi connectivity index (χ4v) is 3.49. The van der Waals surface area contributed by atoms with Crippen LogP contribution in [0, 0.1) is 13.8 Å². The first-order valence-corrected chi connectivity index (χ1v) is 10.1. The maximum absolute atomic E-state index is 4.83. The summed E-state index contributed by atoms with van der Waals surface area (Å²) in [4.78, 5) is 8.98. The number of aryl methyl sites for hydroxylation is 2. The lowest BCUT2D eigenvalue weighted by molar-refractivity contribution is 0.635. The van der Waals surface area contributed by atoms with E-state index in [-0.39, 0.29) is 30.0 Å². The number of aromatic nitrogens is 4. The minimum absolute atomic E-state index is 0. The first kappa shape index (κ1) is 23.9. The van der Waals surface area contributed by atoms with Crippen molar-refractivity contribution in [2.45, 2.75) is 46.7 Å². The molecule has 0 aliphatic heterocycles. The van der Waals surface area contributed by atoms with E-state index in [1.54, 1.807) is 6.20 Å². The van der Waals surface area contributed by atoms with E-state index in [1.165, 1.54) is 11.3 Å². The van der Waals surface area contributed by atoms with Gasteiger partial charge in [0.05, 0.1) is 24.3 Å². The molecule has 0 amide bonds. The van der Waals surface area contributed by atoms with Gasteiger partial charge in [0.2, 0.25) is 0 Å². The van der Waals surface area contributed by atoms with Crippen LogP contribution in [0.3, 0.4) is 0 Å².